The Kier molecular flexibility index (Phi) is 4.72. The van der Waals surface area contributed by atoms with Crippen molar-refractivity contribution < 1.29 is 13.2 Å². The largest absolute Gasteiger partial charge is 0.431 e. The molecule has 0 amide bonds. The molecule has 0 aromatic carbocycles. The van der Waals surface area contributed by atoms with Gasteiger partial charge in [0.25, 0.3) is 0 Å². The number of nitrogens with zero attached hydrogens (tertiary/aromatic N) is 4. The van der Waals surface area contributed by atoms with Gasteiger partial charge in [-0.1, -0.05) is 0 Å². The summed E-state index contributed by atoms with van der Waals surface area (Å²) in [5, 5.41) is 8.28. The van der Waals surface area contributed by atoms with Crippen molar-refractivity contribution in [2.75, 3.05) is 18.4 Å². The highest BCUT2D eigenvalue weighted by Crippen LogP contribution is 2.44. The van der Waals surface area contributed by atoms with Crippen LogP contribution in [0.25, 0.3) is 33.3 Å². The minimum atomic E-state index is -4.49. The standard InChI is InChI=1S/C23H22F3N7/c24-23(25,26)18-9-15-14(5-8-29-20(15)32-18)21-31-17-11-28-10-16(12-1-2-12)19(17)22(33-21)30-13-3-6-27-7-4-13/h5,8-13,27H,1-4,6-7H2,(H,29,32)(H,30,31,33). The van der Waals surface area contributed by atoms with Gasteiger partial charge in [-0.2, -0.15) is 13.2 Å². The summed E-state index contributed by atoms with van der Waals surface area (Å²) in [6, 6.07) is 2.99. The van der Waals surface area contributed by atoms with Gasteiger partial charge in [0.15, 0.2) is 5.82 Å². The highest BCUT2D eigenvalue weighted by molar-refractivity contribution is 5.97. The van der Waals surface area contributed by atoms with E-state index >= 15 is 0 Å². The average Bonchev–Trinajstić information content (AvgIpc) is 3.55. The Balaban J connectivity index is 1.53. The number of piperidine rings is 1. The van der Waals surface area contributed by atoms with Crippen LogP contribution < -0.4 is 10.6 Å². The van der Waals surface area contributed by atoms with Crippen molar-refractivity contribution in [1.29, 1.82) is 0 Å². The molecule has 1 aliphatic carbocycles. The Hall–Kier alpha value is -3.27. The average molecular weight is 453 g/mol. The number of anilines is 1. The molecule has 2 fully saturated rings. The van der Waals surface area contributed by atoms with E-state index in [1.54, 1.807) is 12.3 Å². The number of hydrogen-bond donors (Lipinski definition) is 3. The third-order valence-electron chi connectivity index (χ3n) is 6.41. The van der Waals surface area contributed by atoms with Crippen LogP contribution in [0.2, 0.25) is 0 Å². The van der Waals surface area contributed by atoms with Crippen LogP contribution in [0.5, 0.6) is 0 Å². The Morgan fingerprint density at radius 1 is 1.03 bits per heavy atom. The highest BCUT2D eigenvalue weighted by atomic mass is 19.4. The maximum absolute atomic E-state index is 13.3. The van der Waals surface area contributed by atoms with Gasteiger partial charge in [-0.25, -0.2) is 15.0 Å². The van der Waals surface area contributed by atoms with Gasteiger partial charge in [0.05, 0.1) is 11.7 Å². The molecule has 4 aromatic rings. The summed E-state index contributed by atoms with van der Waals surface area (Å²) in [5.74, 6) is 1.53. The van der Waals surface area contributed by atoms with Crippen molar-refractivity contribution in [3.63, 3.8) is 0 Å². The predicted octanol–water partition coefficient (Wildman–Crippen LogP) is 4.63. The van der Waals surface area contributed by atoms with Crippen LogP contribution in [-0.2, 0) is 6.18 Å². The molecule has 0 bridgehead atoms. The maximum atomic E-state index is 13.3. The number of rotatable bonds is 4. The van der Waals surface area contributed by atoms with Crippen LogP contribution in [-0.4, -0.2) is 44.1 Å². The molecule has 1 saturated carbocycles. The van der Waals surface area contributed by atoms with Crippen LogP contribution >= 0.6 is 0 Å². The van der Waals surface area contributed by atoms with E-state index in [-0.39, 0.29) is 11.7 Å². The van der Waals surface area contributed by atoms with E-state index in [0.29, 0.717) is 28.2 Å². The van der Waals surface area contributed by atoms with E-state index < -0.39 is 11.9 Å². The van der Waals surface area contributed by atoms with E-state index in [0.717, 1.165) is 61.6 Å². The van der Waals surface area contributed by atoms with Gasteiger partial charge in [0, 0.05) is 34.8 Å². The fourth-order valence-electron chi connectivity index (χ4n) is 4.57. The Morgan fingerprint density at radius 2 is 1.85 bits per heavy atom. The quantitative estimate of drug-likeness (QED) is 0.417. The van der Waals surface area contributed by atoms with Gasteiger partial charge in [0.2, 0.25) is 0 Å². The van der Waals surface area contributed by atoms with Crippen molar-refractivity contribution in [3.8, 4) is 11.4 Å². The molecule has 2 aliphatic rings. The van der Waals surface area contributed by atoms with Gasteiger partial charge in [-0.15, -0.1) is 0 Å². The van der Waals surface area contributed by atoms with Crippen molar-refractivity contribution in [2.45, 2.75) is 43.8 Å². The molecule has 1 aliphatic heterocycles. The van der Waals surface area contributed by atoms with Gasteiger partial charge in [-0.05, 0) is 62.4 Å². The normalized spacial score (nSPS) is 17.7. The number of nitrogens with one attached hydrogen (secondary N) is 3. The molecule has 3 N–H and O–H groups in total. The molecule has 7 nitrogen and oxygen atoms in total. The molecule has 33 heavy (non-hydrogen) atoms. The Labute approximate surface area is 187 Å². The molecule has 170 valence electrons. The lowest BCUT2D eigenvalue weighted by Crippen LogP contribution is -2.35. The molecule has 0 unspecified atom stereocenters. The van der Waals surface area contributed by atoms with E-state index in [4.69, 9.17) is 9.97 Å². The van der Waals surface area contributed by atoms with Gasteiger partial charge < -0.3 is 15.6 Å². The molecule has 10 heteroatoms. The Morgan fingerprint density at radius 3 is 2.61 bits per heavy atom. The van der Waals surface area contributed by atoms with Gasteiger partial charge in [0.1, 0.15) is 17.2 Å². The summed E-state index contributed by atoms with van der Waals surface area (Å²) in [4.78, 5) is 20.5. The van der Waals surface area contributed by atoms with Gasteiger partial charge >= 0.3 is 6.18 Å². The topological polar surface area (TPSA) is 91.4 Å². The fraction of sp³-hybridized carbons (Fsp3) is 0.391. The van der Waals surface area contributed by atoms with Crippen molar-refractivity contribution in [2.24, 2.45) is 0 Å². The number of aromatic amines is 1. The van der Waals surface area contributed by atoms with Crippen LogP contribution in [0.3, 0.4) is 0 Å². The van der Waals surface area contributed by atoms with E-state index in [9.17, 15) is 13.2 Å². The van der Waals surface area contributed by atoms with Crippen molar-refractivity contribution >= 4 is 27.8 Å². The monoisotopic (exact) mass is 453 g/mol. The van der Waals surface area contributed by atoms with Crippen LogP contribution in [0.15, 0.2) is 30.7 Å². The molecule has 0 radical (unpaired) electrons. The first-order valence-corrected chi connectivity index (χ1v) is 11.2. The van der Waals surface area contributed by atoms with Crippen LogP contribution in [0.4, 0.5) is 19.0 Å². The fourth-order valence-corrected chi connectivity index (χ4v) is 4.57. The molecule has 0 atom stereocenters. The zero-order valence-corrected chi connectivity index (χ0v) is 17.7. The third kappa shape index (κ3) is 3.78. The van der Waals surface area contributed by atoms with Crippen LogP contribution in [0.1, 0.15) is 42.9 Å². The lowest BCUT2D eigenvalue weighted by molar-refractivity contribution is -0.140. The Bertz CT molecular complexity index is 1340. The summed E-state index contributed by atoms with van der Waals surface area (Å²) in [5.41, 5.74) is 1.64. The molecular formula is C23H22F3N7. The number of fused-ring (bicyclic) bond motifs is 2. The number of H-pyrrole nitrogens is 1. The number of pyridine rings is 2. The van der Waals surface area contributed by atoms with Crippen LogP contribution in [0, 0.1) is 0 Å². The SMILES string of the molecule is FC(F)(F)c1cc2c(-c3nc(NC4CCNCC4)c4c(C5CC5)cncc4n3)ccnc2[nH]1. The minimum absolute atomic E-state index is 0.154. The molecule has 1 saturated heterocycles. The van der Waals surface area contributed by atoms with E-state index in [2.05, 4.69) is 25.6 Å². The minimum Gasteiger partial charge on any atom is -0.367 e. The lowest BCUT2D eigenvalue weighted by Gasteiger charge is -2.25. The third-order valence-corrected chi connectivity index (χ3v) is 6.41. The first-order valence-electron chi connectivity index (χ1n) is 11.2. The maximum Gasteiger partial charge on any atom is 0.431 e. The lowest BCUT2D eigenvalue weighted by atomic mass is 10.0. The molecule has 6 rings (SSSR count). The number of alkyl halides is 3. The van der Waals surface area contributed by atoms with E-state index in [1.807, 2.05) is 6.20 Å². The molecule has 5 heterocycles. The second-order valence-electron chi connectivity index (χ2n) is 8.76. The van der Waals surface area contributed by atoms with E-state index in [1.165, 1.54) is 6.20 Å². The highest BCUT2D eigenvalue weighted by Gasteiger charge is 2.33. The number of hydrogen-bond acceptors (Lipinski definition) is 6. The molecule has 0 spiro atoms. The smallest absolute Gasteiger partial charge is 0.367 e. The summed E-state index contributed by atoms with van der Waals surface area (Å²) >= 11 is 0. The molecule has 4 aromatic heterocycles. The second-order valence-corrected chi connectivity index (χ2v) is 8.76. The summed E-state index contributed by atoms with van der Waals surface area (Å²) in [6.07, 6.45) is 4.75. The van der Waals surface area contributed by atoms with Crippen molar-refractivity contribution in [1.82, 2.24) is 30.2 Å². The second kappa shape index (κ2) is 7.65. The van der Waals surface area contributed by atoms with Gasteiger partial charge in [-0.3, -0.25) is 4.98 Å². The molecular weight excluding hydrogens is 431 g/mol. The number of aromatic nitrogens is 5. The summed E-state index contributed by atoms with van der Waals surface area (Å²) in [6.45, 7) is 1.86. The van der Waals surface area contributed by atoms with Crippen molar-refractivity contribution in [3.05, 3.63) is 42.0 Å². The summed E-state index contributed by atoms with van der Waals surface area (Å²) < 4.78 is 39.9. The first kappa shape index (κ1) is 20.3. The summed E-state index contributed by atoms with van der Waals surface area (Å²) in [7, 11) is 0. The number of halogens is 3. The zero-order chi connectivity index (χ0) is 22.6. The zero-order valence-electron chi connectivity index (χ0n) is 17.7. The first-order chi connectivity index (χ1) is 16.0. The predicted molar refractivity (Wildman–Crippen MR) is 119 cm³/mol.